The van der Waals surface area contributed by atoms with Gasteiger partial charge >= 0.3 is 0 Å². The summed E-state index contributed by atoms with van der Waals surface area (Å²) in [7, 11) is 0. The Bertz CT molecular complexity index is 575. The third kappa shape index (κ3) is 4.24. The molecule has 0 radical (unpaired) electrons. The maximum atomic E-state index is 11.7. The average Bonchev–Trinajstić information content (AvgIpc) is 3.06. The van der Waals surface area contributed by atoms with Crippen LogP contribution < -0.4 is 10.6 Å². The van der Waals surface area contributed by atoms with Gasteiger partial charge in [0.2, 0.25) is 5.91 Å². The van der Waals surface area contributed by atoms with Crippen LogP contribution in [0.3, 0.4) is 0 Å². The first-order chi connectivity index (χ1) is 9.65. The van der Waals surface area contributed by atoms with E-state index in [1.165, 1.54) is 11.1 Å². The van der Waals surface area contributed by atoms with Crippen molar-refractivity contribution in [2.45, 2.75) is 13.3 Å². The number of furan rings is 1. The van der Waals surface area contributed by atoms with Gasteiger partial charge in [0.1, 0.15) is 0 Å². The highest BCUT2D eigenvalue weighted by atomic mass is 32.1. The van der Waals surface area contributed by atoms with Gasteiger partial charge in [-0.05, 0) is 31.2 Å². The van der Waals surface area contributed by atoms with Gasteiger partial charge in [-0.2, -0.15) is 0 Å². The number of hydrogen-bond acceptors (Lipinski definition) is 4. The van der Waals surface area contributed by atoms with Crippen molar-refractivity contribution in [2.75, 3.05) is 13.1 Å². The van der Waals surface area contributed by atoms with E-state index >= 15 is 0 Å². The van der Waals surface area contributed by atoms with Crippen molar-refractivity contribution in [3.63, 3.8) is 0 Å². The van der Waals surface area contributed by atoms with Crippen molar-refractivity contribution in [1.29, 1.82) is 0 Å². The fourth-order valence-electron chi connectivity index (χ4n) is 1.67. The SMILES string of the molecule is Cc1ccc(CC(=O)NCCNC(=O)c2ccco2)s1. The van der Waals surface area contributed by atoms with Crippen LogP contribution in [-0.4, -0.2) is 24.9 Å². The van der Waals surface area contributed by atoms with E-state index in [9.17, 15) is 9.59 Å². The zero-order valence-corrected chi connectivity index (χ0v) is 12.0. The minimum atomic E-state index is -0.280. The van der Waals surface area contributed by atoms with Crippen molar-refractivity contribution < 1.29 is 14.0 Å². The summed E-state index contributed by atoms with van der Waals surface area (Å²) in [5.41, 5.74) is 0. The van der Waals surface area contributed by atoms with Gasteiger partial charge in [-0.25, -0.2) is 0 Å². The Kier molecular flexibility index (Phi) is 4.95. The maximum absolute atomic E-state index is 11.7. The van der Waals surface area contributed by atoms with Gasteiger partial charge in [-0.15, -0.1) is 11.3 Å². The lowest BCUT2D eigenvalue weighted by Gasteiger charge is -2.05. The topological polar surface area (TPSA) is 71.3 Å². The van der Waals surface area contributed by atoms with Gasteiger partial charge in [0.15, 0.2) is 5.76 Å². The van der Waals surface area contributed by atoms with E-state index in [0.29, 0.717) is 19.5 Å². The van der Waals surface area contributed by atoms with E-state index in [-0.39, 0.29) is 17.6 Å². The molecule has 0 unspecified atom stereocenters. The summed E-state index contributed by atoms with van der Waals surface area (Å²) in [6, 6.07) is 7.20. The second-order valence-electron chi connectivity index (χ2n) is 4.27. The lowest BCUT2D eigenvalue weighted by molar-refractivity contribution is -0.120. The molecule has 0 bridgehead atoms. The molecule has 0 saturated heterocycles. The number of carbonyl (C=O) groups is 2. The van der Waals surface area contributed by atoms with Crippen LogP contribution in [0.2, 0.25) is 0 Å². The first-order valence-corrected chi connectivity index (χ1v) is 7.10. The Morgan fingerprint density at radius 3 is 2.65 bits per heavy atom. The Hall–Kier alpha value is -2.08. The lowest BCUT2D eigenvalue weighted by atomic mass is 10.3. The van der Waals surface area contributed by atoms with Crippen LogP contribution in [0.4, 0.5) is 0 Å². The molecule has 2 N–H and O–H groups in total. The van der Waals surface area contributed by atoms with Crippen molar-refractivity contribution in [3.8, 4) is 0 Å². The van der Waals surface area contributed by atoms with Crippen molar-refractivity contribution >= 4 is 23.2 Å². The fourth-order valence-corrected chi connectivity index (χ4v) is 2.56. The zero-order valence-electron chi connectivity index (χ0n) is 11.1. The summed E-state index contributed by atoms with van der Waals surface area (Å²) >= 11 is 1.62. The summed E-state index contributed by atoms with van der Waals surface area (Å²) in [5, 5.41) is 5.43. The second kappa shape index (κ2) is 6.91. The number of nitrogens with one attached hydrogen (secondary N) is 2. The molecule has 2 rings (SSSR count). The number of rotatable bonds is 6. The monoisotopic (exact) mass is 292 g/mol. The summed E-state index contributed by atoms with van der Waals surface area (Å²) in [5.74, 6) is -0.0531. The molecule has 2 amide bonds. The predicted octanol–water partition coefficient (Wildman–Crippen LogP) is 1.74. The van der Waals surface area contributed by atoms with E-state index < -0.39 is 0 Å². The first-order valence-electron chi connectivity index (χ1n) is 6.29. The van der Waals surface area contributed by atoms with Crippen LogP contribution in [0.15, 0.2) is 34.9 Å². The number of hydrogen-bond donors (Lipinski definition) is 2. The molecule has 0 aliphatic heterocycles. The Balaban J connectivity index is 1.63. The smallest absolute Gasteiger partial charge is 0.287 e. The van der Waals surface area contributed by atoms with Crippen LogP contribution >= 0.6 is 11.3 Å². The average molecular weight is 292 g/mol. The van der Waals surface area contributed by atoms with E-state index in [1.54, 1.807) is 23.5 Å². The molecule has 0 saturated carbocycles. The predicted molar refractivity (Wildman–Crippen MR) is 76.8 cm³/mol. The normalized spacial score (nSPS) is 10.2. The Morgan fingerprint density at radius 2 is 2.00 bits per heavy atom. The van der Waals surface area contributed by atoms with Gasteiger partial charge in [-0.3, -0.25) is 9.59 Å². The first kappa shape index (κ1) is 14.3. The fraction of sp³-hybridized carbons (Fsp3) is 0.286. The van der Waals surface area contributed by atoms with Crippen LogP contribution in [0.25, 0.3) is 0 Å². The van der Waals surface area contributed by atoms with Crippen molar-refractivity contribution in [2.24, 2.45) is 0 Å². The Morgan fingerprint density at radius 1 is 1.20 bits per heavy atom. The third-order valence-electron chi connectivity index (χ3n) is 2.61. The van der Waals surface area contributed by atoms with Gasteiger partial charge in [0.05, 0.1) is 12.7 Å². The molecule has 2 aromatic heterocycles. The molecular weight excluding hydrogens is 276 g/mol. The molecule has 0 aliphatic rings. The van der Waals surface area contributed by atoms with Gasteiger partial charge in [0, 0.05) is 22.8 Å². The quantitative estimate of drug-likeness (QED) is 0.797. The molecule has 0 spiro atoms. The van der Waals surface area contributed by atoms with E-state index in [4.69, 9.17) is 4.42 Å². The molecular formula is C14H16N2O3S. The maximum Gasteiger partial charge on any atom is 0.287 e. The lowest BCUT2D eigenvalue weighted by Crippen LogP contribution is -2.35. The van der Waals surface area contributed by atoms with Crippen LogP contribution in [0.1, 0.15) is 20.3 Å². The number of aryl methyl sites for hydroxylation is 1. The highest BCUT2D eigenvalue weighted by molar-refractivity contribution is 7.12. The molecule has 5 nitrogen and oxygen atoms in total. The summed E-state index contributed by atoms with van der Waals surface area (Å²) in [4.78, 5) is 25.4. The number of amides is 2. The van der Waals surface area contributed by atoms with Crippen LogP contribution in [-0.2, 0) is 11.2 Å². The van der Waals surface area contributed by atoms with Crippen molar-refractivity contribution in [1.82, 2.24) is 10.6 Å². The van der Waals surface area contributed by atoms with Crippen LogP contribution in [0.5, 0.6) is 0 Å². The van der Waals surface area contributed by atoms with Crippen molar-refractivity contribution in [3.05, 3.63) is 46.0 Å². The number of thiophene rings is 1. The molecule has 106 valence electrons. The van der Waals surface area contributed by atoms with E-state index in [1.807, 2.05) is 19.1 Å². The minimum Gasteiger partial charge on any atom is -0.459 e. The number of carbonyl (C=O) groups excluding carboxylic acids is 2. The molecule has 6 heteroatoms. The van der Waals surface area contributed by atoms with E-state index in [0.717, 1.165) is 4.88 Å². The Labute approximate surface area is 121 Å². The molecule has 2 aromatic rings. The third-order valence-corrected chi connectivity index (χ3v) is 3.61. The molecule has 2 heterocycles. The molecule has 0 fully saturated rings. The molecule has 0 aliphatic carbocycles. The molecule has 20 heavy (non-hydrogen) atoms. The second-order valence-corrected chi connectivity index (χ2v) is 5.64. The van der Waals surface area contributed by atoms with Gasteiger partial charge < -0.3 is 15.1 Å². The largest absolute Gasteiger partial charge is 0.459 e. The zero-order chi connectivity index (χ0) is 14.4. The minimum absolute atomic E-state index is 0.0425. The summed E-state index contributed by atoms with van der Waals surface area (Å²) in [6.45, 7) is 2.78. The molecule has 0 atom stereocenters. The summed E-state index contributed by atoms with van der Waals surface area (Å²) in [6.07, 6.45) is 1.82. The van der Waals surface area contributed by atoms with E-state index in [2.05, 4.69) is 10.6 Å². The highest BCUT2D eigenvalue weighted by Gasteiger charge is 2.08. The molecule has 0 aromatic carbocycles. The van der Waals surface area contributed by atoms with Gasteiger partial charge in [-0.1, -0.05) is 0 Å². The standard InChI is InChI=1S/C14H16N2O3S/c1-10-4-5-11(20-10)9-13(17)15-6-7-16-14(18)12-3-2-8-19-12/h2-5,8H,6-7,9H2,1H3,(H,15,17)(H,16,18). The highest BCUT2D eigenvalue weighted by Crippen LogP contribution is 2.15. The van der Waals surface area contributed by atoms with Gasteiger partial charge in [0.25, 0.3) is 5.91 Å². The van der Waals surface area contributed by atoms with Crippen LogP contribution in [0, 0.1) is 6.92 Å². The summed E-state index contributed by atoms with van der Waals surface area (Å²) < 4.78 is 4.96.